The molecule has 0 heteroatoms. The van der Waals surface area contributed by atoms with E-state index in [9.17, 15) is 0 Å². The molecule has 0 fully saturated rings. The molecule has 0 spiro atoms. The Morgan fingerprint density at radius 1 is 1.15 bits per heavy atom. The van der Waals surface area contributed by atoms with Crippen molar-refractivity contribution in [3.05, 3.63) is 12.2 Å². The molecule has 13 heavy (non-hydrogen) atoms. The smallest absolute Gasteiger partial charge is 0.0259 e. The lowest BCUT2D eigenvalue weighted by Gasteiger charge is -2.16. The van der Waals surface area contributed by atoms with Gasteiger partial charge in [-0.05, 0) is 24.7 Å². The van der Waals surface area contributed by atoms with Crippen molar-refractivity contribution in [1.29, 1.82) is 0 Å². The van der Waals surface area contributed by atoms with E-state index in [2.05, 4.69) is 39.8 Å². The molecule has 0 aliphatic carbocycles. The second-order valence-corrected chi connectivity index (χ2v) is 4.11. The number of hydrogen-bond acceptors (Lipinski definition) is 0. The molecule has 0 amide bonds. The van der Waals surface area contributed by atoms with Crippen LogP contribution in [0.1, 0.15) is 59.8 Å². The normalized spacial score (nSPS) is 16.3. The summed E-state index contributed by atoms with van der Waals surface area (Å²) in [7, 11) is 0. The second-order valence-electron chi connectivity index (χ2n) is 4.11. The molecule has 0 saturated heterocycles. The van der Waals surface area contributed by atoms with Crippen molar-refractivity contribution in [2.45, 2.75) is 59.8 Å². The Bertz CT molecular complexity index is 124. The third-order valence-corrected chi connectivity index (χ3v) is 2.68. The average molecular weight is 182 g/mol. The van der Waals surface area contributed by atoms with Crippen LogP contribution in [0, 0.1) is 11.8 Å². The summed E-state index contributed by atoms with van der Waals surface area (Å²) in [5.74, 6) is 1.72. The van der Waals surface area contributed by atoms with Crippen LogP contribution >= 0.6 is 0 Å². The van der Waals surface area contributed by atoms with E-state index in [1.807, 2.05) is 0 Å². The minimum Gasteiger partial charge on any atom is -0.0885 e. The number of hydrogen-bond donors (Lipinski definition) is 0. The van der Waals surface area contributed by atoms with Crippen molar-refractivity contribution < 1.29 is 0 Å². The van der Waals surface area contributed by atoms with Crippen molar-refractivity contribution in [2.75, 3.05) is 0 Å². The molecular weight excluding hydrogens is 156 g/mol. The molecule has 0 aromatic rings. The topological polar surface area (TPSA) is 0 Å². The van der Waals surface area contributed by atoms with Crippen molar-refractivity contribution in [3.8, 4) is 0 Å². The number of rotatable bonds is 7. The predicted molar refractivity (Wildman–Crippen MR) is 61.9 cm³/mol. The highest BCUT2D eigenvalue weighted by Crippen LogP contribution is 2.21. The molecule has 0 bridgehead atoms. The maximum atomic E-state index is 2.37. The molecule has 2 unspecified atom stereocenters. The minimum absolute atomic E-state index is 0.774. The van der Waals surface area contributed by atoms with Gasteiger partial charge in [0, 0.05) is 0 Å². The molecule has 0 aromatic heterocycles. The van der Waals surface area contributed by atoms with Crippen LogP contribution in [0.3, 0.4) is 0 Å². The molecule has 0 radical (unpaired) electrons. The highest BCUT2D eigenvalue weighted by molar-refractivity contribution is 4.86. The zero-order valence-electron chi connectivity index (χ0n) is 9.84. The summed E-state index contributed by atoms with van der Waals surface area (Å²) in [4.78, 5) is 0. The van der Waals surface area contributed by atoms with Crippen LogP contribution in [0.4, 0.5) is 0 Å². The van der Waals surface area contributed by atoms with Gasteiger partial charge in [-0.2, -0.15) is 0 Å². The van der Waals surface area contributed by atoms with E-state index in [0.29, 0.717) is 0 Å². The molecule has 0 heterocycles. The fourth-order valence-electron chi connectivity index (χ4n) is 1.87. The third-order valence-electron chi connectivity index (χ3n) is 2.68. The Morgan fingerprint density at radius 2 is 1.85 bits per heavy atom. The predicted octanol–water partition coefficient (Wildman–Crippen LogP) is 4.81. The van der Waals surface area contributed by atoms with E-state index in [1.165, 1.54) is 32.1 Å². The Kier molecular flexibility index (Phi) is 8.18. The lowest BCUT2D eigenvalue weighted by atomic mass is 9.90. The van der Waals surface area contributed by atoms with Gasteiger partial charge in [-0.1, -0.05) is 59.1 Å². The first-order valence-corrected chi connectivity index (χ1v) is 5.91. The summed E-state index contributed by atoms with van der Waals surface area (Å²) in [5.41, 5.74) is 0. The first-order valence-electron chi connectivity index (χ1n) is 5.91. The first kappa shape index (κ1) is 12.7. The summed E-state index contributed by atoms with van der Waals surface area (Å²) in [5, 5.41) is 0. The summed E-state index contributed by atoms with van der Waals surface area (Å²) in [6.45, 7) is 9.14. The van der Waals surface area contributed by atoms with E-state index in [0.717, 1.165) is 11.8 Å². The highest BCUT2D eigenvalue weighted by Gasteiger charge is 2.07. The summed E-state index contributed by atoms with van der Waals surface area (Å²) < 4.78 is 0. The van der Waals surface area contributed by atoms with E-state index in [1.54, 1.807) is 0 Å². The molecule has 0 saturated carbocycles. The lowest BCUT2D eigenvalue weighted by molar-refractivity contribution is 0.390. The van der Waals surface area contributed by atoms with Gasteiger partial charge in [0.05, 0.1) is 0 Å². The maximum Gasteiger partial charge on any atom is -0.0259 e. The quantitative estimate of drug-likeness (QED) is 0.496. The highest BCUT2D eigenvalue weighted by atomic mass is 14.1. The van der Waals surface area contributed by atoms with Gasteiger partial charge in [0.25, 0.3) is 0 Å². The zero-order valence-corrected chi connectivity index (χ0v) is 9.84. The van der Waals surface area contributed by atoms with Crippen LogP contribution in [-0.4, -0.2) is 0 Å². The molecule has 0 aliphatic rings. The average Bonchev–Trinajstić information content (AvgIpc) is 2.14. The molecule has 0 nitrogen and oxygen atoms in total. The Hall–Kier alpha value is -0.260. The van der Waals surface area contributed by atoms with Gasteiger partial charge in [0.2, 0.25) is 0 Å². The third kappa shape index (κ3) is 6.86. The molecule has 0 aliphatic heterocycles. The summed E-state index contributed by atoms with van der Waals surface area (Å²) in [6, 6.07) is 0. The van der Waals surface area contributed by atoms with Gasteiger partial charge < -0.3 is 0 Å². The van der Waals surface area contributed by atoms with Crippen LogP contribution in [0.25, 0.3) is 0 Å². The summed E-state index contributed by atoms with van der Waals surface area (Å²) >= 11 is 0. The fourth-order valence-corrected chi connectivity index (χ4v) is 1.87. The Balaban J connectivity index is 3.71. The van der Waals surface area contributed by atoms with Crippen LogP contribution in [0.15, 0.2) is 12.2 Å². The van der Waals surface area contributed by atoms with Crippen LogP contribution in [0.2, 0.25) is 0 Å². The summed E-state index contributed by atoms with van der Waals surface area (Å²) in [6.07, 6.45) is 11.3. The van der Waals surface area contributed by atoms with Gasteiger partial charge >= 0.3 is 0 Å². The largest absolute Gasteiger partial charge is 0.0885 e. The molecular formula is C13H26. The van der Waals surface area contributed by atoms with Gasteiger partial charge in [-0.15, -0.1) is 0 Å². The lowest BCUT2D eigenvalue weighted by Crippen LogP contribution is -2.03. The molecule has 0 N–H and O–H groups in total. The van der Waals surface area contributed by atoms with Crippen molar-refractivity contribution in [1.82, 2.24) is 0 Å². The van der Waals surface area contributed by atoms with Crippen LogP contribution in [0.5, 0.6) is 0 Å². The van der Waals surface area contributed by atoms with E-state index >= 15 is 0 Å². The Labute approximate surface area is 84.4 Å². The standard InChI is InChI=1S/C13H26/c1-5-8-10-12(4)11-13(7-3)9-6-2/h8,10,12-13H,5-7,9,11H2,1-4H3/b10-8-. The monoisotopic (exact) mass is 182 g/mol. The number of allylic oxidation sites excluding steroid dienone is 2. The van der Waals surface area contributed by atoms with E-state index < -0.39 is 0 Å². The van der Waals surface area contributed by atoms with Gasteiger partial charge in [-0.3, -0.25) is 0 Å². The SMILES string of the molecule is CC/C=C\C(C)CC(CC)CCC. The van der Waals surface area contributed by atoms with Crippen molar-refractivity contribution >= 4 is 0 Å². The molecule has 78 valence electrons. The van der Waals surface area contributed by atoms with Crippen LogP contribution < -0.4 is 0 Å². The first-order chi connectivity index (χ1) is 6.24. The van der Waals surface area contributed by atoms with Gasteiger partial charge in [0.1, 0.15) is 0 Å². The molecule has 0 rings (SSSR count). The van der Waals surface area contributed by atoms with E-state index in [4.69, 9.17) is 0 Å². The molecule has 0 aromatic carbocycles. The van der Waals surface area contributed by atoms with Crippen molar-refractivity contribution in [3.63, 3.8) is 0 Å². The minimum atomic E-state index is 0.774. The van der Waals surface area contributed by atoms with E-state index in [-0.39, 0.29) is 0 Å². The zero-order chi connectivity index (χ0) is 10.1. The molecule has 2 atom stereocenters. The maximum absolute atomic E-state index is 2.37. The van der Waals surface area contributed by atoms with Gasteiger partial charge in [-0.25, -0.2) is 0 Å². The Morgan fingerprint density at radius 3 is 2.31 bits per heavy atom. The fraction of sp³-hybridized carbons (Fsp3) is 0.846. The van der Waals surface area contributed by atoms with Gasteiger partial charge in [0.15, 0.2) is 0 Å². The second kappa shape index (κ2) is 8.34. The van der Waals surface area contributed by atoms with Crippen LogP contribution in [-0.2, 0) is 0 Å². The van der Waals surface area contributed by atoms with Crippen molar-refractivity contribution in [2.24, 2.45) is 11.8 Å².